The second-order valence-electron chi connectivity index (χ2n) is 3.70. The zero-order valence-electron chi connectivity index (χ0n) is 9.71. The molecule has 0 bridgehead atoms. The van der Waals surface area contributed by atoms with Gasteiger partial charge in [0, 0.05) is 18.0 Å². The van der Waals surface area contributed by atoms with E-state index in [9.17, 15) is 4.79 Å². The number of rotatable bonds is 4. The van der Waals surface area contributed by atoms with Gasteiger partial charge in [-0.1, -0.05) is 11.6 Å². The number of carbonyl (C=O) groups excluding carboxylic acids is 1. The Morgan fingerprint density at radius 3 is 2.83 bits per heavy atom. The summed E-state index contributed by atoms with van der Waals surface area (Å²) >= 11 is 6.02. The summed E-state index contributed by atoms with van der Waals surface area (Å²) in [5.41, 5.74) is 1.23. The fourth-order valence-corrected chi connectivity index (χ4v) is 1.69. The van der Waals surface area contributed by atoms with Gasteiger partial charge in [0.25, 0.3) is 0 Å². The zero-order valence-corrected chi connectivity index (χ0v) is 10.5. The number of aromatic nitrogens is 2. The summed E-state index contributed by atoms with van der Waals surface area (Å²) < 4.78 is 5.68. The molecule has 0 radical (unpaired) electrons. The van der Waals surface area contributed by atoms with E-state index in [0.29, 0.717) is 22.0 Å². The normalized spacial score (nSPS) is 11.9. The van der Waals surface area contributed by atoms with Crippen LogP contribution in [0.1, 0.15) is 29.1 Å². The molecule has 0 aliphatic carbocycles. The molecule has 0 fully saturated rings. The van der Waals surface area contributed by atoms with E-state index in [4.69, 9.17) is 16.3 Å². The monoisotopic (exact) mass is 262 g/mol. The molecule has 0 aliphatic heterocycles. The fourth-order valence-electron chi connectivity index (χ4n) is 1.46. The SMILES string of the molecule is CC(Oc1ccc(C=O)cc1Cl)c1cnccn1. The third-order valence-electron chi connectivity index (χ3n) is 2.40. The molecule has 4 nitrogen and oxygen atoms in total. The van der Waals surface area contributed by atoms with Gasteiger partial charge in [0.05, 0.1) is 16.9 Å². The highest BCUT2D eigenvalue weighted by molar-refractivity contribution is 6.32. The number of ether oxygens (including phenoxy) is 1. The first-order chi connectivity index (χ1) is 8.70. The van der Waals surface area contributed by atoms with Crippen molar-refractivity contribution in [1.82, 2.24) is 9.97 Å². The van der Waals surface area contributed by atoms with Crippen LogP contribution in [0.4, 0.5) is 0 Å². The largest absolute Gasteiger partial charge is 0.483 e. The maximum absolute atomic E-state index is 10.6. The number of nitrogens with zero attached hydrogens (tertiary/aromatic N) is 2. The predicted molar refractivity (Wildman–Crippen MR) is 67.9 cm³/mol. The standard InChI is InChI=1S/C13H11ClN2O2/c1-9(12-7-15-4-5-16-12)18-13-3-2-10(8-17)6-11(13)14/h2-9H,1H3. The molecule has 0 N–H and O–H groups in total. The lowest BCUT2D eigenvalue weighted by atomic mass is 10.2. The number of aldehydes is 1. The first-order valence-corrected chi connectivity index (χ1v) is 5.76. The number of halogens is 1. The van der Waals surface area contributed by atoms with Gasteiger partial charge in [-0.15, -0.1) is 0 Å². The number of hydrogen-bond acceptors (Lipinski definition) is 4. The lowest BCUT2D eigenvalue weighted by Gasteiger charge is -2.14. The Morgan fingerprint density at radius 1 is 1.39 bits per heavy atom. The van der Waals surface area contributed by atoms with Crippen molar-refractivity contribution in [2.45, 2.75) is 13.0 Å². The van der Waals surface area contributed by atoms with Gasteiger partial charge in [-0.2, -0.15) is 0 Å². The number of carbonyl (C=O) groups is 1. The van der Waals surface area contributed by atoms with Crippen molar-refractivity contribution in [3.8, 4) is 5.75 Å². The lowest BCUT2D eigenvalue weighted by Crippen LogP contribution is -2.06. The van der Waals surface area contributed by atoms with Crippen LogP contribution in [0.2, 0.25) is 5.02 Å². The minimum absolute atomic E-state index is 0.265. The second kappa shape index (κ2) is 5.60. The van der Waals surface area contributed by atoms with Crippen LogP contribution in [0.3, 0.4) is 0 Å². The Morgan fingerprint density at radius 2 is 2.22 bits per heavy atom. The third-order valence-corrected chi connectivity index (χ3v) is 2.69. The van der Waals surface area contributed by atoms with Crippen LogP contribution in [0.5, 0.6) is 5.75 Å². The predicted octanol–water partition coefficient (Wildman–Crippen LogP) is 3.08. The molecule has 0 spiro atoms. The Bertz CT molecular complexity index is 546. The van der Waals surface area contributed by atoms with Crippen molar-refractivity contribution < 1.29 is 9.53 Å². The van der Waals surface area contributed by atoms with E-state index in [1.54, 1.807) is 36.8 Å². The molecule has 0 amide bonds. The molecule has 1 heterocycles. The average Bonchev–Trinajstić information content (AvgIpc) is 2.42. The van der Waals surface area contributed by atoms with E-state index >= 15 is 0 Å². The fraction of sp³-hybridized carbons (Fsp3) is 0.154. The van der Waals surface area contributed by atoms with Gasteiger partial charge in [0.15, 0.2) is 0 Å². The highest BCUT2D eigenvalue weighted by atomic mass is 35.5. The topological polar surface area (TPSA) is 52.1 Å². The van der Waals surface area contributed by atoms with Crippen molar-refractivity contribution in [1.29, 1.82) is 0 Å². The quantitative estimate of drug-likeness (QED) is 0.795. The van der Waals surface area contributed by atoms with E-state index in [0.717, 1.165) is 6.29 Å². The molecule has 1 aromatic heterocycles. The zero-order chi connectivity index (χ0) is 13.0. The van der Waals surface area contributed by atoms with E-state index < -0.39 is 0 Å². The highest BCUT2D eigenvalue weighted by Crippen LogP contribution is 2.28. The smallest absolute Gasteiger partial charge is 0.150 e. The van der Waals surface area contributed by atoms with E-state index in [1.807, 2.05) is 6.92 Å². The molecule has 0 aliphatic rings. The minimum Gasteiger partial charge on any atom is -0.483 e. The van der Waals surface area contributed by atoms with Gasteiger partial charge in [0.2, 0.25) is 0 Å². The molecule has 0 saturated carbocycles. The summed E-state index contributed by atoms with van der Waals surface area (Å²) in [7, 11) is 0. The van der Waals surface area contributed by atoms with E-state index in [1.165, 1.54) is 0 Å². The van der Waals surface area contributed by atoms with Crippen LogP contribution in [0, 0.1) is 0 Å². The van der Waals surface area contributed by atoms with Crippen LogP contribution in [0.15, 0.2) is 36.8 Å². The van der Waals surface area contributed by atoms with Gasteiger partial charge >= 0.3 is 0 Å². The van der Waals surface area contributed by atoms with Crippen molar-refractivity contribution in [3.63, 3.8) is 0 Å². The van der Waals surface area contributed by atoms with Crippen LogP contribution in [-0.2, 0) is 0 Å². The van der Waals surface area contributed by atoms with Crippen LogP contribution in [0.25, 0.3) is 0 Å². The molecular formula is C13H11ClN2O2. The third kappa shape index (κ3) is 2.84. The summed E-state index contributed by atoms with van der Waals surface area (Å²) in [6, 6.07) is 4.88. The Labute approximate surface area is 110 Å². The molecule has 1 aromatic carbocycles. The van der Waals surface area contributed by atoms with Gasteiger partial charge in [0.1, 0.15) is 18.1 Å². The maximum Gasteiger partial charge on any atom is 0.150 e. The molecule has 0 saturated heterocycles. The summed E-state index contributed by atoms with van der Waals surface area (Å²) in [6.45, 7) is 1.86. The minimum atomic E-state index is -0.265. The van der Waals surface area contributed by atoms with Gasteiger partial charge in [-0.3, -0.25) is 14.8 Å². The molecule has 2 rings (SSSR count). The first-order valence-electron chi connectivity index (χ1n) is 5.38. The molecule has 1 atom stereocenters. The Hall–Kier alpha value is -1.94. The molecule has 18 heavy (non-hydrogen) atoms. The van der Waals surface area contributed by atoms with Crippen molar-refractivity contribution in [2.24, 2.45) is 0 Å². The van der Waals surface area contributed by atoms with Crippen molar-refractivity contribution in [3.05, 3.63) is 53.1 Å². The molecule has 92 valence electrons. The van der Waals surface area contributed by atoms with Crippen LogP contribution >= 0.6 is 11.6 Å². The van der Waals surface area contributed by atoms with Gasteiger partial charge in [-0.25, -0.2) is 0 Å². The summed E-state index contributed by atoms with van der Waals surface area (Å²) in [4.78, 5) is 18.7. The molecular weight excluding hydrogens is 252 g/mol. The summed E-state index contributed by atoms with van der Waals surface area (Å²) in [5.74, 6) is 0.514. The van der Waals surface area contributed by atoms with Gasteiger partial charge in [-0.05, 0) is 25.1 Å². The number of benzene rings is 1. The van der Waals surface area contributed by atoms with Crippen molar-refractivity contribution in [2.75, 3.05) is 0 Å². The van der Waals surface area contributed by atoms with Crippen LogP contribution in [-0.4, -0.2) is 16.3 Å². The summed E-state index contributed by atoms with van der Waals surface area (Å²) in [5, 5.41) is 0.398. The van der Waals surface area contributed by atoms with Crippen molar-refractivity contribution >= 4 is 17.9 Å². The van der Waals surface area contributed by atoms with Gasteiger partial charge < -0.3 is 4.74 Å². The average molecular weight is 263 g/mol. The Kier molecular flexibility index (Phi) is 3.89. The maximum atomic E-state index is 10.6. The van der Waals surface area contributed by atoms with Crippen LogP contribution < -0.4 is 4.74 Å². The highest BCUT2D eigenvalue weighted by Gasteiger charge is 2.11. The molecule has 1 unspecified atom stereocenters. The van der Waals surface area contributed by atoms with E-state index in [-0.39, 0.29) is 6.10 Å². The van der Waals surface area contributed by atoms with E-state index in [2.05, 4.69) is 9.97 Å². The second-order valence-corrected chi connectivity index (χ2v) is 4.11. The first kappa shape index (κ1) is 12.5. The molecule has 2 aromatic rings. The Balaban J connectivity index is 2.17. The molecule has 5 heteroatoms. The summed E-state index contributed by atoms with van der Waals surface area (Å²) in [6.07, 6.45) is 5.31. The number of hydrogen-bond donors (Lipinski definition) is 0. The lowest BCUT2D eigenvalue weighted by molar-refractivity contribution is 0.112.